The van der Waals surface area contributed by atoms with Crippen LogP contribution in [0.1, 0.15) is 74.1 Å². The molecule has 1 fully saturated rings. The van der Waals surface area contributed by atoms with Gasteiger partial charge in [0.2, 0.25) is 6.79 Å². The maximum absolute atomic E-state index is 13.8. The first-order valence-corrected chi connectivity index (χ1v) is 16.3. The van der Waals surface area contributed by atoms with Gasteiger partial charge in [0, 0.05) is 24.3 Å². The summed E-state index contributed by atoms with van der Waals surface area (Å²) in [6, 6.07) is 9.43. The number of amides is 3. The van der Waals surface area contributed by atoms with Crippen molar-refractivity contribution in [3.05, 3.63) is 82.2 Å². The molecule has 0 aliphatic heterocycles. The summed E-state index contributed by atoms with van der Waals surface area (Å²) in [6.07, 6.45) is 3.53. The summed E-state index contributed by atoms with van der Waals surface area (Å²) in [4.78, 5) is 78.2. The number of aromatic amines is 1. The largest absolute Gasteiger partial charge is 0.524 e. The molecular weight excluding hydrogens is 647 g/mol. The number of nitrogens with zero attached hydrogens (tertiary/aromatic N) is 2. The van der Waals surface area contributed by atoms with Crippen molar-refractivity contribution in [3.8, 4) is 5.75 Å². The minimum Gasteiger partial charge on any atom is -0.424 e. The van der Waals surface area contributed by atoms with Crippen molar-refractivity contribution in [3.63, 3.8) is 0 Å². The maximum atomic E-state index is 13.8. The van der Waals surface area contributed by atoms with Crippen LogP contribution in [0.3, 0.4) is 0 Å². The molecular formula is C31H35N6O10P. The highest BCUT2D eigenvalue weighted by Crippen LogP contribution is 2.37. The number of amidine groups is 1. The van der Waals surface area contributed by atoms with Crippen LogP contribution in [-0.4, -0.2) is 70.2 Å². The van der Waals surface area contributed by atoms with Gasteiger partial charge in [0.05, 0.1) is 22.5 Å². The number of phosphoric acid groups is 1. The molecule has 1 aromatic heterocycles. The Bertz CT molecular complexity index is 1780. The number of aryl methyl sites for hydroxylation is 1. The van der Waals surface area contributed by atoms with Crippen LogP contribution < -0.4 is 20.1 Å². The summed E-state index contributed by atoms with van der Waals surface area (Å²) in [7, 11) is -4.80. The van der Waals surface area contributed by atoms with Crippen molar-refractivity contribution in [2.45, 2.75) is 46.1 Å². The fourth-order valence-electron chi connectivity index (χ4n) is 4.45. The van der Waals surface area contributed by atoms with Crippen LogP contribution in [0.2, 0.25) is 0 Å². The molecule has 17 heteroatoms. The highest BCUT2D eigenvalue weighted by Gasteiger charge is 2.31. The molecule has 0 spiro atoms. The number of hydrogen-bond donors (Lipinski definition) is 6. The number of nitrogens with one attached hydrogen (secondary N) is 4. The minimum absolute atomic E-state index is 0.0346. The molecule has 0 unspecified atom stereocenters. The van der Waals surface area contributed by atoms with Gasteiger partial charge < -0.3 is 29.6 Å². The first-order valence-electron chi connectivity index (χ1n) is 14.8. The number of phosphoric ester groups is 1. The molecule has 48 heavy (non-hydrogen) atoms. The van der Waals surface area contributed by atoms with E-state index in [1.165, 1.54) is 24.4 Å². The summed E-state index contributed by atoms with van der Waals surface area (Å²) < 4.78 is 25.9. The second kappa shape index (κ2) is 15.5. The van der Waals surface area contributed by atoms with E-state index in [1.807, 2.05) is 6.92 Å². The van der Waals surface area contributed by atoms with E-state index in [9.17, 15) is 23.7 Å². The van der Waals surface area contributed by atoms with Gasteiger partial charge in [0.25, 0.3) is 11.8 Å². The molecule has 3 aromatic rings. The number of rotatable bonds is 13. The number of ether oxygens (including phenoxy) is 2. The van der Waals surface area contributed by atoms with E-state index in [4.69, 9.17) is 24.7 Å². The molecule has 4 rings (SSSR count). The van der Waals surface area contributed by atoms with Crippen LogP contribution >= 0.6 is 7.82 Å². The standard InChI is InChI=1S/C31H35N6O10P/c1-4-13-33-28(38)21-6-5-18(2)25(14-21)37(27(35-16-32)26-19(3)24(15-34-26)29(39)36-22-9-10-22)31(41)46-17-45-30(40)20-7-11-23(12-8-20)47-48(42,43)44/h5-8,11-12,14-16,22,32,34H,4,9-10,13,17H2,1-3H3,(H,33,38)(H,36,39)(H2,42,43,44)/b32-16?,35-27+. The van der Waals surface area contributed by atoms with Crippen molar-refractivity contribution in [1.82, 2.24) is 15.6 Å². The summed E-state index contributed by atoms with van der Waals surface area (Å²) in [5.74, 6) is -1.96. The molecule has 0 bridgehead atoms. The third-order valence-corrected chi connectivity index (χ3v) is 7.49. The third-order valence-electron chi connectivity index (χ3n) is 7.04. The second-order valence-corrected chi connectivity index (χ2v) is 11.9. The average Bonchev–Trinajstić information content (AvgIpc) is 3.77. The number of esters is 1. The lowest BCUT2D eigenvalue weighted by molar-refractivity contribution is 0.0000911. The monoisotopic (exact) mass is 682 g/mol. The van der Waals surface area contributed by atoms with Crippen LogP contribution in [0.25, 0.3) is 0 Å². The topological polar surface area (TPSA) is 233 Å². The molecule has 6 N–H and O–H groups in total. The van der Waals surface area contributed by atoms with E-state index < -0.39 is 32.6 Å². The van der Waals surface area contributed by atoms with E-state index >= 15 is 0 Å². The van der Waals surface area contributed by atoms with Crippen LogP contribution in [0.15, 0.2) is 53.7 Å². The number of anilines is 1. The SMILES string of the molecule is CCCNC(=O)c1ccc(C)c(N(C(=O)OCOC(=O)c2ccc(OP(=O)(O)O)cc2)/C(=N/C=N)c2[nH]cc(C(=O)NC3CC3)c2C)c1. The summed E-state index contributed by atoms with van der Waals surface area (Å²) in [5, 5.41) is 13.4. The molecule has 1 heterocycles. The lowest BCUT2D eigenvalue weighted by Gasteiger charge is -2.25. The van der Waals surface area contributed by atoms with E-state index in [0.29, 0.717) is 36.0 Å². The van der Waals surface area contributed by atoms with E-state index in [-0.39, 0.29) is 46.0 Å². The molecule has 1 aliphatic rings. The maximum Gasteiger partial charge on any atom is 0.524 e. The van der Waals surface area contributed by atoms with Gasteiger partial charge in [-0.3, -0.25) is 24.8 Å². The Hall–Kier alpha value is -5.31. The van der Waals surface area contributed by atoms with Gasteiger partial charge >= 0.3 is 19.9 Å². The average molecular weight is 683 g/mol. The first-order chi connectivity index (χ1) is 22.8. The lowest BCUT2D eigenvalue weighted by atomic mass is 10.1. The van der Waals surface area contributed by atoms with Gasteiger partial charge in [0.1, 0.15) is 12.1 Å². The molecule has 2 aromatic carbocycles. The van der Waals surface area contributed by atoms with Gasteiger partial charge in [-0.2, -0.15) is 0 Å². The van der Waals surface area contributed by atoms with Crippen molar-refractivity contribution in [1.29, 1.82) is 5.41 Å². The molecule has 0 atom stereocenters. The van der Waals surface area contributed by atoms with Gasteiger partial charge in [-0.15, -0.1) is 0 Å². The van der Waals surface area contributed by atoms with E-state index in [0.717, 1.165) is 29.9 Å². The first kappa shape index (κ1) is 35.5. The van der Waals surface area contributed by atoms with Gasteiger partial charge in [0.15, 0.2) is 5.84 Å². The zero-order chi connectivity index (χ0) is 35.0. The second-order valence-electron chi connectivity index (χ2n) is 10.7. The van der Waals surface area contributed by atoms with Crippen LogP contribution in [-0.2, 0) is 14.0 Å². The Kier molecular flexibility index (Phi) is 11.5. The number of hydrogen-bond acceptors (Lipinski definition) is 9. The summed E-state index contributed by atoms with van der Waals surface area (Å²) in [6.45, 7) is 4.78. The van der Waals surface area contributed by atoms with Gasteiger partial charge in [-0.25, -0.2) is 24.0 Å². The Balaban J connectivity index is 1.64. The van der Waals surface area contributed by atoms with Crippen molar-refractivity contribution in [2.24, 2.45) is 4.99 Å². The van der Waals surface area contributed by atoms with Crippen molar-refractivity contribution < 1.29 is 47.5 Å². The molecule has 0 saturated heterocycles. The van der Waals surface area contributed by atoms with E-state index in [2.05, 4.69) is 25.1 Å². The van der Waals surface area contributed by atoms with E-state index in [1.54, 1.807) is 26.0 Å². The molecule has 1 saturated carbocycles. The number of aliphatic imine (C=N–C) groups is 1. The normalized spacial score (nSPS) is 12.9. The lowest BCUT2D eigenvalue weighted by Crippen LogP contribution is -2.40. The van der Waals surface area contributed by atoms with Crippen LogP contribution in [0.4, 0.5) is 10.5 Å². The number of aromatic nitrogens is 1. The fourth-order valence-corrected chi connectivity index (χ4v) is 4.85. The van der Waals surface area contributed by atoms with Gasteiger partial charge in [-0.05, 0) is 80.6 Å². The Morgan fingerprint density at radius 1 is 1.06 bits per heavy atom. The molecule has 3 amide bonds. The number of benzene rings is 2. The zero-order valence-electron chi connectivity index (χ0n) is 26.3. The fraction of sp³-hybridized carbons (Fsp3) is 0.290. The quantitative estimate of drug-likeness (QED) is 0.0499. The Labute approximate surface area is 275 Å². The van der Waals surface area contributed by atoms with Crippen molar-refractivity contribution in [2.75, 3.05) is 18.2 Å². The van der Waals surface area contributed by atoms with Crippen LogP contribution in [0, 0.1) is 19.3 Å². The zero-order valence-corrected chi connectivity index (χ0v) is 27.2. The Morgan fingerprint density at radius 2 is 1.75 bits per heavy atom. The number of carbonyl (C=O) groups is 4. The number of carbonyl (C=O) groups excluding carboxylic acids is 4. The predicted molar refractivity (Wildman–Crippen MR) is 173 cm³/mol. The molecule has 0 radical (unpaired) electrons. The summed E-state index contributed by atoms with van der Waals surface area (Å²) in [5.41, 5.74) is 1.81. The molecule has 254 valence electrons. The van der Waals surface area contributed by atoms with Gasteiger partial charge in [-0.1, -0.05) is 13.0 Å². The van der Waals surface area contributed by atoms with Crippen LogP contribution in [0.5, 0.6) is 5.75 Å². The Morgan fingerprint density at radius 3 is 2.38 bits per heavy atom. The molecule has 16 nitrogen and oxygen atoms in total. The highest BCUT2D eigenvalue weighted by atomic mass is 31.2. The minimum atomic E-state index is -4.80. The smallest absolute Gasteiger partial charge is 0.424 e. The highest BCUT2D eigenvalue weighted by molar-refractivity contribution is 7.46. The predicted octanol–water partition coefficient (Wildman–Crippen LogP) is 3.95. The summed E-state index contributed by atoms with van der Waals surface area (Å²) >= 11 is 0. The third kappa shape index (κ3) is 9.15. The number of H-pyrrole nitrogens is 1. The van der Waals surface area contributed by atoms with Crippen molar-refractivity contribution >= 4 is 49.6 Å². The molecule has 1 aliphatic carbocycles.